The quantitative estimate of drug-likeness (QED) is 0.781. The number of hydrogen-bond acceptors (Lipinski definition) is 2. The Morgan fingerprint density at radius 3 is 2.47 bits per heavy atom. The van der Waals surface area contributed by atoms with Crippen LogP contribution in [0.25, 0.3) is 0 Å². The first-order valence-electron chi connectivity index (χ1n) is 6.91. The molecular weight excluding hydrogens is 240 g/mol. The molecule has 0 radical (unpaired) electrons. The highest BCUT2D eigenvalue weighted by Crippen LogP contribution is 2.18. The van der Waals surface area contributed by atoms with Gasteiger partial charge in [-0.15, -0.1) is 0 Å². The topological polar surface area (TPSA) is 61.4 Å². The molecule has 3 N–H and O–H groups in total. The molecule has 0 aromatic heterocycles. The Bertz CT molecular complexity index is 409. The first-order chi connectivity index (χ1) is 9.13. The Hall–Kier alpha value is -1.55. The minimum atomic E-state index is -0.186. The molecular formula is C15H22N2O2. The normalized spacial score (nSPS) is 22.8. The van der Waals surface area contributed by atoms with Gasteiger partial charge >= 0.3 is 6.03 Å². The van der Waals surface area contributed by atoms with Gasteiger partial charge in [-0.25, -0.2) is 4.79 Å². The van der Waals surface area contributed by atoms with Crippen molar-refractivity contribution in [1.29, 1.82) is 0 Å². The highest BCUT2D eigenvalue weighted by molar-refractivity contribution is 5.74. The molecule has 1 aliphatic carbocycles. The van der Waals surface area contributed by atoms with Crippen molar-refractivity contribution in [3.63, 3.8) is 0 Å². The van der Waals surface area contributed by atoms with E-state index in [1.165, 1.54) is 5.56 Å². The van der Waals surface area contributed by atoms with Crippen LogP contribution < -0.4 is 10.6 Å². The van der Waals surface area contributed by atoms with E-state index in [2.05, 4.69) is 10.6 Å². The highest BCUT2D eigenvalue weighted by Gasteiger charge is 2.20. The predicted octanol–water partition coefficient (Wildman–Crippen LogP) is 2.10. The Morgan fingerprint density at radius 2 is 1.84 bits per heavy atom. The van der Waals surface area contributed by atoms with Gasteiger partial charge in [0, 0.05) is 12.6 Å². The fraction of sp³-hybridized carbons (Fsp3) is 0.533. The van der Waals surface area contributed by atoms with Crippen LogP contribution in [0.2, 0.25) is 0 Å². The summed E-state index contributed by atoms with van der Waals surface area (Å²) in [6.45, 7) is 2.59. The van der Waals surface area contributed by atoms with E-state index in [4.69, 9.17) is 0 Å². The largest absolute Gasteiger partial charge is 0.393 e. The Morgan fingerprint density at radius 1 is 1.21 bits per heavy atom. The molecule has 0 unspecified atom stereocenters. The average molecular weight is 262 g/mol. The number of rotatable bonds is 3. The van der Waals surface area contributed by atoms with E-state index in [1.54, 1.807) is 0 Å². The first-order valence-corrected chi connectivity index (χ1v) is 6.91. The summed E-state index contributed by atoms with van der Waals surface area (Å²) in [6, 6.07) is 8.19. The van der Waals surface area contributed by atoms with E-state index in [1.807, 2.05) is 31.2 Å². The second kappa shape index (κ2) is 6.57. The van der Waals surface area contributed by atoms with Crippen molar-refractivity contribution in [2.45, 2.75) is 51.3 Å². The number of benzene rings is 1. The third-order valence-corrected chi connectivity index (χ3v) is 3.61. The van der Waals surface area contributed by atoms with Gasteiger partial charge in [0.2, 0.25) is 0 Å². The molecule has 1 aliphatic rings. The zero-order valence-electron chi connectivity index (χ0n) is 11.4. The average Bonchev–Trinajstić information content (AvgIpc) is 2.41. The summed E-state index contributed by atoms with van der Waals surface area (Å²) < 4.78 is 0. The zero-order chi connectivity index (χ0) is 13.7. The van der Waals surface area contributed by atoms with E-state index in [0.717, 1.165) is 31.2 Å². The first kappa shape index (κ1) is 13.9. The molecule has 1 fully saturated rings. The summed E-state index contributed by atoms with van der Waals surface area (Å²) in [4.78, 5) is 11.7. The van der Waals surface area contributed by atoms with Gasteiger partial charge in [-0.3, -0.25) is 0 Å². The van der Waals surface area contributed by atoms with Crippen LogP contribution in [-0.2, 0) is 6.54 Å². The zero-order valence-corrected chi connectivity index (χ0v) is 11.4. The van der Waals surface area contributed by atoms with Gasteiger partial charge < -0.3 is 15.7 Å². The van der Waals surface area contributed by atoms with Crippen LogP contribution in [0.1, 0.15) is 36.8 Å². The lowest BCUT2D eigenvalue weighted by Gasteiger charge is -2.26. The lowest BCUT2D eigenvalue weighted by atomic mass is 9.93. The minimum absolute atomic E-state index is 0.123. The van der Waals surface area contributed by atoms with E-state index in [-0.39, 0.29) is 18.2 Å². The van der Waals surface area contributed by atoms with E-state index in [0.29, 0.717) is 6.54 Å². The molecule has 0 saturated heterocycles. The number of aryl methyl sites for hydroxylation is 1. The van der Waals surface area contributed by atoms with Crippen molar-refractivity contribution in [2.24, 2.45) is 0 Å². The number of carbonyl (C=O) groups excluding carboxylic acids is 1. The summed E-state index contributed by atoms with van der Waals surface area (Å²) in [5, 5.41) is 15.2. The fourth-order valence-electron chi connectivity index (χ4n) is 2.34. The Kier molecular flexibility index (Phi) is 4.80. The van der Waals surface area contributed by atoms with Crippen LogP contribution in [0.15, 0.2) is 24.3 Å². The second-order valence-electron chi connectivity index (χ2n) is 5.32. The Labute approximate surface area is 114 Å². The van der Waals surface area contributed by atoms with Crippen LogP contribution >= 0.6 is 0 Å². The van der Waals surface area contributed by atoms with Gasteiger partial charge in [-0.05, 0) is 38.2 Å². The van der Waals surface area contributed by atoms with Crippen molar-refractivity contribution in [3.05, 3.63) is 35.4 Å². The van der Waals surface area contributed by atoms with E-state index < -0.39 is 0 Å². The SMILES string of the molecule is Cc1ccc(CNC(=O)NC2CCC(O)CC2)cc1. The minimum Gasteiger partial charge on any atom is -0.393 e. The van der Waals surface area contributed by atoms with Crippen LogP contribution in [0, 0.1) is 6.92 Å². The molecule has 2 amide bonds. The maximum absolute atomic E-state index is 11.7. The van der Waals surface area contributed by atoms with Gasteiger partial charge in [0.15, 0.2) is 0 Å². The van der Waals surface area contributed by atoms with Crippen molar-refractivity contribution < 1.29 is 9.90 Å². The summed E-state index contributed by atoms with van der Waals surface area (Å²) >= 11 is 0. The number of nitrogens with one attached hydrogen (secondary N) is 2. The summed E-state index contributed by atoms with van der Waals surface area (Å²) in [5.74, 6) is 0. The van der Waals surface area contributed by atoms with Gasteiger partial charge in [-0.2, -0.15) is 0 Å². The lowest BCUT2D eigenvalue weighted by Crippen LogP contribution is -2.43. The van der Waals surface area contributed by atoms with Crippen molar-refractivity contribution in [1.82, 2.24) is 10.6 Å². The second-order valence-corrected chi connectivity index (χ2v) is 5.32. The molecule has 0 atom stereocenters. The molecule has 1 aromatic rings. The van der Waals surface area contributed by atoms with E-state index in [9.17, 15) is 9.90 Å². The van der Waals surface area contributed by atoms with Crippen molar-refractivity contribution >= 4 is 6.03 Å². The smallest absolute Gasteiger partial charge is 0.315 e. The van der Waals surface area contributed by atoms with Crippen LogP contribution in [-0.4, -0.2) is 23.3 Å². The number of aliphatic hydroxyl groups is 1. The number of amides is 2. The third kappa shape index (κ3) is 4.56. The molecule has 0 heterocycles. The molecule has 0 aliphatic heterocycles. The molecule has 2 rings (SSSR count). The standard InChI is InChI=1S/C15H22N2O2/c1-11-2-4-12(5-3-11)10-16-15(19)17-13-6-8-14(18)9-7-13/h2-5,13-14,18H,6-10H2,1H3,(H2,16,17,19). The molecule has 1 aromatic carbocycles. The molecule has 19 heavy (non-hydrogen) atoms. The van der Waals surface area contributed by atoms with Crippen LogP contribution in [0.4, 0.5) is 4.79 Å². The van der Waals surface area contributed by atoms with Gasteiger partial charge in [0.05, 0.1) is 6.10 Å². The van der Waals surface area contributed by atoms with E-state index >= 15 is 0 Å². The highest BCUT2D eigenvalue weighted by atomic mass is 16.3. The number of hydrogen-bond donors (Lipinski definition) is 3. The number of urea groups is 1. The Balaban J connectivity index is 1.71. The van der Waals surface area contributed by atoms with Crippen molar-refractivity contribution in [2.75, 3.05) is 0 Å². The summed E-state index contributed by atoms with van der Waals surface area (Å²) in [7, 11) is 0. The molecule has 1 saturated carbocycles. The molecule has 4 nitrogen and oxygen atoms in total. The monoisotopic (exact) mass is 262 g/mol. The maximum atomic E-state index is 11.7. The number of carbonyl (C=O) groups is 1. The van der Waals surface area contributed by atoms with Crippen LogP contribution in [0.5, 0.6) is 0 Å². The maximum Gasteiger partial charge on any atom is 0.315 e. The lowest BCUT2D eigenvalue weighted by molar-refractivity contribution is 0.117. The van der Waals surface area contributed by atoms with Gasteiger partial charge in [0.25, 0.3) is 0 Å². The van der Waals surface area contributed by atoms with Gasteiger partial charge in [0.1, 0.15) is 0 Å². The summed E-state index contributed by atoms with van der Waals surface area (Å²) in [5.41, 5.74) is 2.31. The van der Waals surface area contributed by atoms with Crippen LogP contribution in [0.3, 0.4) is 0 Å². The predicted molar refractivity (Wildman–Crippen MR) is 74.8 cm³/mol. The van der Waals surface area contributed by atoms with Crippen molar-refractivity contribution in [3.8, 4) is 0 Å². The molecule has 4 heteroatoms. The fourth-order valence-corrected chi connectivity index (χ4v) is 2.34. The number of aliphatic hydroxyl groups excluding tert-OH is 1. The molecule has 0 spiro atoms. The van der Waals surface area contributed by atoms with Gasteiger partial charge in [-0.1, -0.05) is 29.8 Å². The molecule has 104 valence electrons. The molecule has 0 bridgehead atoms. The third-order valence-electron chi connectivity index (χ3n) is 3.61. The summed E-state index contributed by atoms with van der Waals surface area (Å²) in [6.07, 6.45) is 3.10.